The van der Waals surface area contributed by atoms with Gasteiger partial charge in [-0.25, -0.2) is 0 Å². The highest BCUT2D eigenvalue weighted by Crippen LogP contribution is 2.14. The molecule has 0 aliphatic carbocycles. The van der Waals surface area contributed by atoms with Gasteiger partial charge in [0.2, 0.25) is 0 Å². The molecule has 2 rings (SSSR count). The molecule has 5 nitrogen and oxygen atoms in total. The van der Waals surface area contributed by atoms with Gasteiger partial charge in [0, 0.05) is 36.7 Å². The number of ether oxygens (including phenoxy) is 2. The summed E-state index contributed by atoms with van der Waals surface area (Å²) in [6.45, 7) is 2.83. The molecule has 0 radical (unpaired) electrons. The van der Waals surface area contributed by atoms with Crippen molar-refractivity contribution in [2.75, 3.05) is 13.7 Å². The summed E-state index contributed by atoms with van der Waals surface area (Å²) in [4.78, 5) is 16.0. The van der Waals surface area contributed by atoms with Crippen LogP contribution in [0.4, 0.5) is 0 Å². The molecule has 5 heteroatoms. The Hall–Kier alpha value is -2.40. The Morgan fingerprint density at radius 2 is 2.05 bits per heavy atom. The first-order valence-electron chi connectivity index (χ1n) is 7.10. The third kappa shape index (κ3) is 4.86. The number of carbonyl (C=O) groups excluding carboxylic acids is 1. The zero-order chi connectivity index (χ0) is 15.8. The van der Waals surface area contributed by atoms with E-state index in [1.54, 1.807) is 43.8 Å². The number of nitrogens with zero attached hydrogens (tertiary/aromatic N) is 1. The minimum atomic E-state index is -0.122. The first-order chi connectivity index (χ1) is 10.7. The molecule has 1 aromatic carbocycles. The van der Waals surface area contributed by atoms with Crippen molar-refractivity contribution in [1.82, 2.24) is 10.3 Å². The number of methoxy groups -OCH3 is 1. The summed E-state index contributed by atoms with van der Waals surface area (Å²) in [5, 5.41) is 2.86. The number of rotatable bonds is 7. The van der Waals surface area contributed by atoms with Crippen LogP contribution in [-0.2, 0) is 11.3 Å². The zero-order valence-corrected chi connectivity index (χ0v) is 12.8. The molecular formula is C17H20N2O3. The number of carbonyl (C=O) groups is 1. The number of hydrogen-bond donors (Lipinski definition) is 1. The number of nitrogens with one attached hydrogen (secondary N) is 1. The fourth-order valence-corrected chi connectivity index (χ4v) is 1.95. The summed E-state index contributed by atoms with van der Waals surface area (Å²) in [6, 6.07) is 10.8. The van der Waals surface area contributed by atoms with Crippen LogP contribution in [0.3, 0.4) is 0 Å². The van der Waals surface area contributed by atoms with Crippen molar-refractivity contribution in [2.45, 2.75) is 19.6 Å². The molecule has 1 aromatic heterocycles. The van der Waals surface area contributed by atoms with Crippen molar-refractivity contribution in [3.8, 4) is 5.75 Å². The van der Waals surface area contributed by atoms with Gasteiger partial charge in [0.25, 0.3) is 5.91 Å². The van der Waals surface area contributed by atoms with E-state index in [1.165, 1.54) is 0 Å². The van der Waals surface area contributed by atoms with Gasteiger partial charge in [0.05, 0.1) is 6.61 Å². The predicted octanol–water partition coefficient (Wildman–Crippen LogP) is 2.43. The maximum atomic E-state index is 12.0. The topological polar surface area (TPSA) is 60.5 Å². The normalized spacial score (nSPS) is 11.7. The Morgan fingerprint density at radius 1 is 1.27 bits per heavy atom. The van der Waals surface area contributed by atoms with Gasteiger partial charge in [-0.05, 0) is 37.3 Å². The lowest BCUT2D eigenvalue weighted by atomic mass is 10.2. The fourth-order valence-electron chi connectivity index (χ4n) is 1.95. The highest BCUT2D eigenvalue weighted by Gasteiger charge is 2.09. The van der Waals surface area contributed by atoms with Crippen molar-refractivity contribution in [3.05, 3.63) is 59.9 Å². The molecule has 0 spiro atoms. The molecule has 2 aromatic rings. The Labute approximate surface area is 130 Å². The average Bonchev–Trinajstić information content (AvgIpc) is 2.54. The van der Waals surface area contributed by atoms with E-state index in [2.05, 4.69) is 10.3 Å². The second kappa shape index (κ2) is 8.14. The molecular weight excluding hydrogens is 280 g/mol. The van der Waals surface area contributed by atoms with Crippen molar-refractivity contribution >= 4 is 5.91 Å². The van der Waals surface area contributed by atoms with Gasteiger partial charge in [-0.3, -0.25) is 9.78 Å². The Bertz CT molecular complexity index is 585. The fraction of sp³-hybridized carbons (Fsp3) is 0.294. The summed E-state index contributed by atoms with van der Waals surface area (Å²) in [7, 11) is 1.61. The number of aromatic nitrogens is 1. The Morgan fingerprint density at radius 3 is 2.68 bits per heavy atom. The summed E-state index contributed by atoms with van der Waals surface area (Å²) < 4.78 is 10.6. The van der Waals surface area contributed by atoms with Crippen molar-refractivity contribution in [2.24, 2.45) is 0 Å². The van der Waals surface area contributed by atoms with Gasteiger partial charge in [0.1, 0.15) is 12.4 Å². The van der Waals surface area contributed by atoms with E-state index in [0.717, 1.165) is 5.56 Å². The predicted molar refractivity (Wildman–Crippen MR) is 83.8 cm³/mol. The highest BCUT2D eigenvalue weighted by molar-refractivity contribution is 5.94. The molecule has 0 bridgehead atoms. The third-order valence-electron chi connectivity index (χ3n) is 3.04. The Balaban J connectivity index is 1.88. The van der Waals surface area contributed by atoms with Crippen LogP contribution in [0.25, 0.3) is 0 Å². The van der Waals surface area contributed by atoms with E-state index in [-0.39, 0.29) is 11.9 Å². The summed E-state index contributed by atoms with van der Waals surface area (Å²) in [5.41, 5.74) is 1.59. The van der Waals surface area contributed by atoms with Crippen LogP contribution in [0.2, 0.25) is 0 Å². The van der Waals surface area contributed by atoms with Gasteiger partial charge in [-0.1, -0.05) is 6.07 Å². The van der Waals surface area contributed by atoms with E-state index < -0.39 is 0 Å². The monoisotopic (exact) mass is 300 g/mol. The quantitative estimate of drug-likeness (QED) is 0.853. The Kier molecular flexibility index (Phi) is 5.91. The van der Waals surface area contributed by atoms with Gasteiger partial charge in [0.15, 0.2) is 0 Å². The van der Waals surface area contributed by atoms with E-state index in [1.807, 2.05) is 19.1 Å². The largest absolute Gasteiger partial charge is 0.489 e. The van der Waals surface area contributed by atoms with Gasteiger partial charge >= 0.3 is 0 Å². The van der Waals surface area contributed by atoms with Gasteiger partial charge < -0.3 is 14.8 Å². The van der Waals surface area contributed by atoms with Gasteiger partial charge in [-0.2, -0.15) is 0 Å². The summed E-state index contributed by atoms with van der Waals surface area (Å²) in [6.07, 6.45) is 3.49. The molecule has 0 saturated heterocycles. The molecule has 1 N–H and O–H groups in total. The van der Waals surface area contributed by atoms with Crippen molar-refractivity contribution in [1.29, 1.82) is 0 Å². The van der Waals surface area contributed by atoms with E-state index in [9.17, 15) is 4.79 Å². The molecule has 22 heavy (non-hydrogen) atoms. The molecule has 0 fully saturated rings. The summed E-state index contributed by atoms with van der Waals surface area (Å²) >= 11 is 0. The lowest BCUT2D eigenvalue weighted by Gasteiger charge is -2.13. The molecule has 1 atom stereocenters. The maximum Gasteiger partial charge on any atom is 0.251 e. The first-order valence-corrected chi connectivity index (χ1v) is 7.10. The molecule has 116 valence electrons. The van der Waals surface area contributed by atoms with Crippen molar-refractivity contribution in [3.63, 3.8) is 0 Å². The molecule has 0 unspecified atom stereocenters. The van der Waals surface area contributed by atoms with Crippen LogP contribution >= 0.6 is 0 Å². The lowest BCUT2D eigenvalue weighted by Crippen LogP contribution is -2.35. The van der Waals surface area contributed by atoms with Crippen LogP contribution in [0.1, 0.15) is 22.8 Å². The third-order valence-corrected chi connectivity index (χ3v) is 3.04. The van der Waals surface area contributed by atoms with Gasteiger partial charge in [-0.15, -0.1) is 0 Å². The number of benzene rings is 1. The standard InChI is InChI=1S/C17H20N2O3/c1-13(11-21-2)19-17(20)15-5-7-16(8-6-15)22-12-14-4-3-9-18-10-14/h3-10,13H,11-12H2,1-2H3,(H,19,20)/t13-/m0/s1. The van der Waals surface area contributed by atoms with Crippen LogP contribution in [0, 0.1) is 0 Å². The second-order valence-electron chi connectivity index (χ2n) is 5.00. The SMILES string of the molecule is COC[C@H](C)NC(=O)c1ccc(OCc2cccnc2)cc1. The first kappa shape index (κ1) is 16.0. The van der Waals surface area contributed by atoms with Crippen LogP contribution in [0.15, 0.2) is 48.8 Å². The molecule has 0 aliphatic heterocycles. The summed E-state index contributed by atoms with van der Waals surface area (Å²) in [5.74, 6) is 0.591. The number of hydrogen-bond acceptors (Lipinski definition) is 4. The van der Waals surface area contributed by atoms with E-state index in [0.29, 0.717) is 24.5 Å². The molecule has 1 heterocycles. The van der Waals surface area contributed by atoms with Crippen LogP contribution < -0.4 is 10.1 Å². The molecule has 0 saturated carbocycles. The van der Waals surface area contributed by atoms with Crippen LogP contribution in [0.5, 0.6) is 5.75 Å². The lowest BCUT2D eigenvalue weighted by molar-refractivity contribution is 0.0905. The van der Waals surface area contributed by atoms with E-state index in [4.69, 9.17) is 9.47 Å². The zero-order valence-electron chi connectivity index (χ0n) is 12.8. The average molecular weight is 300 g/mol. The highest BCUT2D eigenvalue weighted by atomic mass is 16.5. The number of amides is 1. The minimum absolute atomic E-state index is 0.0287. The molecule has 1 amide bonds. The second-order valence-corrected chi connectivity index (χ2v) is 5.00. The van der Waals surface area contributed by atoms with E-state index >= 15 is 0 Å². The van der Waals surface area contributed by atoms with Crippen LogP contribution in [-0.4, -0.2) is 30.6 Å². The smallest absolute Gasteiger partial charge is 0.251 e. The molecule has 0 aliphatic rings. The minimum Gasteiger partial charge on any atom is -0.489 e. The number of pyridine rings is 1. The van der Waals surface area contributed by atoms with Crippen molar-refractivity contribution < 1.29 is 14.3 Å². The maximum absolute atomic E-state index is 12.0.